The van der Waals surface area contributed by atoms with E-state index in [-0.39, 0.29) is 6.23 Å². The fraction of sp³-hybridized carbons (Fsp3) is 1.00. The van der Waals surface area contributed by atoms with Crippen LogP contribution in [0.1, 0.15) is 45.4 Å². The van der Waals surface area contributed by atoms with Crippen molar-refractivity contribution in [3.8, 4) is 0 Å². The summed E-state index contributed by atoms with van der Waals surface area (Å²) < 4.78 is 10.6. The Bertz CT molecular complexity index is 146. The van der Waals surface area contributed by atoms with Crippen LogP contribution in [0.2, 0.25) is 0 Å². The second-order valence-corrected chi connectivity index (χ2v) is 9.79. The monoisotopic (exact) mass is 266 g/mol. The molecule has 0 saturated heterocycles. The molecule has 0 bridgehead atoms. The van der Waals surface area contributed by atoms with Crippen LogP contribution in [0.5, 0.6) is 0 Å². The van der Waals surface area contributed by atoms with Gasteiger partial charge in [0.1, 0.15) is 0 Å². The molecule has 0 heterocycles. The van der Waals surface area contributed by atoms with E-state index in [2.05, 4.69) is 6.92 Å². The third-order valence-electron chi connectivity index (χ3n) is 2.64. The molecular formula is C11H26O3SSi. The van der Waals surface area contributed by atoms with Crippen LogP contribution in [0.3, 0.4) is 0 Å². The molecule has 0 saturated carbocycles. The molecule has 0 unspecified atom stereocenters. The molecule has 98 valence electrons. The summed E-state index contributed by atoms with van der Waals surface area (Å²) in [4.78, 5) is 0. The van der Waals surface area contributed by atoms with E-state index in [0.29, 0.717) is 0 Å². The Morgan fingerprint density at radius 1 is 1.00 bits per heavy atom. The van der Waals surface area contributed by atoms with Crippen LogP contribution in [0, 0.1) is 0 Å². The molecule has 0 aliphatic heterocycles. The average molecular weight is 266 g/mol. The standard InChI is InChI=1S/C11H26O3SSi/c1-4-5-6-7-8-9-10-15-16(11-12,13-2)14-3/h12H,4-11H2,1-3H3. The van der Waals surface area contributed by atoms with E-state index in [1.807, 2.05) is 0 Å². The topological polar surface area (TPSA) is 38.7 Å². The van der Waals surface area contributed by atoms with Gasteiger partial charge in [-0.25, -0.2) is 0 Å². The molecule has 0 amide bonds. The van der Waals surface area contributed by atoms with Gasteiger partial charge in [-0.15, -0.1) is 11.2 Å². The highest BCUT2D eigenvalue weighted by atomic mass is 32.4. The lowest BCUT2D eigenvalue weighted by Crippen LogP contribution is -2.41. The van der Waals surface area contributed by atoms with Crippen molar-refractivity contribution in [1.29, 1.82) is 0 Å². The molecule has 0 radical (unpaired) electrons. The summed E-state index contributed by atoms with van der Waals surface area (Å²) in [5, 5.41) is 9.24. The van der Waals surface area contributed by atoms with E-state index in [9.17, 15) is 5.11 Å². The molecule has 0 aromatic heterocycles. The van der Waals surface area contributed by atoms with Gasteiger partial charge in [0.2, 0.25) is 0 Å². The van der Waals surface area contributed by atoms with Gasteiger partial charge in [0.15, 0.2) is 0 Å². The first kappa shape index (κ1) is 16.4. The van der Waals surface area contributed by atoms with E-state index >= 15 is 0 Å². The third kappa shape index (κ3) is 6.91. The molecule has 0 spiro atoms. The van der Waals surface area contributed by atoms with Gasteiger partial charge in [0.25, 0.3) is 0 Å². The maximum atomic E-state index is 9.24. The highest BCUT2D eigenvalue weighted by Gasteiger charge is 2.35. The molecular weight excluding hydrogens is 240 g/mol. The Balaban J connectivity index is 3.48. The first-order valence-electron chi connectivity index (χ1n) is 6.09. The highest BCUT2D eigenvalue weighted by molar-refractivity contribution is 8.27. The number of aliphatic hydroxyl groups excluding tert-OH is 1. The second-order valence-electron chi connectivity index (χ2n) is 3.87. The molecule has 0 aliphatic carbocycles. The summed E-state index contributed by atoms with van der Waals surface area (Å²) in [5.74, 6) is 1.03. The molecule has 16 heavy (non-hydrogen) atoms. The Hall–Kier alpha value is 0.447. The van der Waals surface area contributed by atoms with E-state index in [1.165, 1.54) is 38.5 Å². The number of unbranched alkanes of at least 4 members (excludes halogenated alkanes) is 5. The normalized spacial score (nSPS) is 12.0. The molecule has 3 nitrogen and oxygen atoms in total. The number of hydrogen-bond donors (Lipinski definition) is 1. The number of rotatable bonds is 11. The largest absolute Gasteiger partial charge is 0.431 e. The summed E-state index contributed by atoms with van der Waals surface area (Å²) in [5.41, 5.74) is 0. The summed E-state index contributed by atoms with van der Waals surface area (Å²) in [6.07, 6.45) is 7.80. The van der Waals surface area contributed by atoms with Gasteiger partial charge in [-0.2, -0.15) is 0 Å². The minimum absolute atomic E-state index is 0.0283. The van der Waals surface area contributed by atoms with E-state index in [1.54, 1.807) is 25.4 Å². The zero-order valence-electron chi connectivity index (χ0n) is 10.8. The summed E-state index contributed by atoms with van der Waals surface area (Å²) in [6, 6.07) is 0. The average Bonchev–Trinajstić information content (AvgIpc) is 2.34. The maximum absolute atomic E-state index is 9.24. The van der Waals surface area contributed by atoms with Gasteiger partial charge in [-0.3, -0.25) is 0 Å². The molecule has 0 fully saturated rings. The molecule has 0 aliphatic rings. The van der Waals surface area contributed by atoms with Crippen molar-refractivity contribution >= 4 is 18.9 Å². The second kappa shape index (κ2) is 10.6. The van der Waals surface area contributed by atoms with Gasteiger partial charge >= 0.3 is 7.71 Å². The van der Waals surface area contributed by atoms with Crippen LogP contribution < -0.4 is 0 Å². The zero-order chi connectivity index (χ0) is 12.3. The minimum atomic E-state index is -2.32. The quantitative estimate of drug-likeness (QED) is 0.461. The van der Waals surface area contributed by atoms with E-state index in [0.717, 1.165) is 5.75 Å². The summed E-state index contributed by atoms with van der Waals surface area (Å²) in [6.45, 7) is 2.23. The van der Waals surface area contributed by atoms with Crippen molar-refractivity contribution in [2.24, 2.45) is 0 Å². The van der Waals surface area contributed by atoms with Crippen molar-refractivity contribution in [2.75, 3.05) is 26.2 Å². The lowest BCUT2D eigenvalue weighted by Gasteiger charge is -2.23. The Morgan fingerprint density at radius 3 is 2.06 bits per heavy atom. The molecule has 0 atom stereocenters. The van der Waals surface area contributed by atoms with Crippen LogP contribution in [-0.2, 0) is 8.85 Å². The Labute approximate surface area is 105 Å². The van der Waals surface area contributed by atoms with Crippen molar-refractivity contribution in [3.05, 3.63) is 0 Å². The lowest BCUT2D eigenvalue weighted by atomic mass is 10.1. The van der Waals surface area contributed by atoms with Gasteiger partial charge in [0.05, 0.1) is 6.23 Å². The van der Waals surface area contributed by atoms with Gasteiger partial charge < -0.3 is 14.0 Å². The van der Waals surface area contributed by atoms with E-state index < -0.39 is 7.71 Å². The van der Waals surface area contributed by atoms with Crippen molar-refractivity contribution in [2.45, 2.75) is 45.4 Å². The van der Waals surface area contributed by atoms with Gasteiger partial charge in [0, 0.05) is 14.2 Å². The molecule has 5 heteroatoms. The van der Waals surface area contributed by atoms with E-state index in [4.69, 9.17) is 8.85 Å². The smallest absolute Gasteiger partial charge is 0.394 e. The van der Waals surface area contributed by atoms with Gasteiger partial charge in [-0.05, 0) is 12.2 Å². The minimum Gasteiger partial charge on any atom is -0.394 e. The predicted octanol–water partition coefficient (Wildman–Crippen LogP) is 2.84. The first-order valence-corrected chi connectivity index (χ1v) is 9.83. The molecule has 1 N–H and O–H groups in total. The Kier molecular flexibility index (Phi) is 10.9. The highest BCUT2D eigenvalue weighted by Crippen LogP contribution is 2.22. The van der Waals surface area contributed by atoms with Crippen molar-refractivity contribution in [3.63, 3.8) is 0 Å². The van der Waals surface area contributed by atoms with Crippen molar-refractivity contribution in [1.82, 2.24) is 0 Å². The molecule has 0 rings (SSSR count). The molecule has 0 aromatic rings. The number of aliphatic hydroxyl groups is 1. The van der Waals surface area contributed by atoms with Crippen LogP contribution in [0.15, 0.2) is 0 Å². The third-order valence-corrected chi connectivity index (χ3v) is 8.52. The van der Waals surface area contributed by atoms with Crippen LogP contribution in [0.4, 0.5) is 0 Å². The first-order chi connectivity index (χ1) is 7.74. The maximum Gasteiger partial charge on any atom is 0.431 e. The zero-order valence-corrected chi connectivity index (χ0v) is 12.6. The van der Waals surface area contributed by atoms with Crippen LogP contribution in [0.25, 0.3) is 0 Å². The molecule has 0 aromatic carbocycles. The van der Waals surface area contributed by atoms with Crippen molar-refractivity contribution < 1.29 is 14.0 Å². The number of hydrogen-bond acceptors (Lipinski definition) is 4. The SMILES string of the molecule is CCCCCCCCS[Si](CO)(OC)OC. The van der Waals surface area contributed by atoms with Crippen LogP contribution >= 0.6 is 11.2 Å². The fourth-order valence-electron chi connectivity index (χ4n) is 1.49. The van der Waals surface area contributed by atoms with Gasteiger partial charge in [-0.1, -0.05) is 39.0 Å². The summed E-state index contributed by atoms with van der Waals surface area (Å²) >= 11 is 1.68. The Morgan fingerprint density at radius 2 is 1.56 bits per heavy atom. The summed E-state index contributed by atoms with van der Waals surface area (Å²) in [7, 11) is 0.930. The van der Waals surface area contributed by atoms with Crippen LogP contribution in [-0.4, -0.2) is 39.0 Å². The predicted molar refractivity (Wildman–Crippen MR) is 72.7 cm³/mol. The fourth-order valence-corrected chi connectivity index (χ4v) is 5.24. The lowest BCUT2D eigenvalue weighted by molar-refractivity contribution is 0.220.